The molecular weight excluding hydrogens is 354 g/mol. The van der Waals surface area contributed by atoms with E-state index in [4.69, 9.17) is 4.52 Å². The van der Waals surface area contributed by atoms with Crippen molar-refractivity contribution in [1.82, 2.24) is 24.7 Å². The van der Waals surface area contributed by atoms with Gasteiger partial charge in [-0.1, -0.05) is 30.3 Å². The summed E-state index contributed by atoms with van der Waals surface area (Å²) in [5.41, 5.74) is 3.53. The molecule has 2 aromatic heterocycles. The number of aromatic nitrogens is 3. The maximum Gasteiger partial charge on any atom is 0.257 e. The number of piperazine rings is 1. The first-order valence-corrected chi connectivity index (χ1v) is 9.72. The van der Waals surface area contributed by atoms with Gasteiger partial charge in [0.25, 0.3) is 5.91 Å². The van der Waals surface area contributed by atoms with Crippen LogP contribution in [0.25, 0.3) is 5.69 Å². The molecule has 0 radical (unpaired) electrons. The van der Waals surface area contributed by atoms with Gasteiger partial charge in [0.2, 0.25) is 0 Å². The van der Waals surface area contributed by atoms with E-state index in [9.17, 15) is 4.79 Å². The zero-order chi connectivity index (χ0) is 19.5. The van der Waals surface area contributed by atoms with Crippen molar-refractivity contribution in [2.45, 2.75) is 26.8 Å². The molecule has 1 amide bonds. The van der Waals surface area contributed by atoms with Crippen LogP contribution in [-0.4, -0.2) is 56.8 Å². The highest BCUT2D eigenvalue weighted by Crippen LogP contribution is 2.19. The molecule has 1 aromatic carbocycles. The lowest BCUT2D eigenvalue weighted by Crippen LogP contribution is -2.48. The van der Waals surface area contributed by atoms with Gasteiger partial charge in [0, 0.05) is 32.2 Å². The SMILES string of the molecule is CCc1c(C(=O)N2CCN(Cc3cc(C)no3)CC2)cnn1-c1ccccc1. The van der Waals surface area contributed by atoms with Gasteiger partial charge in [0.15, 0.2) is 5.76 Å². The van der Waals surface area contributed by atoms with Crippen molar-refractivity contribution in [1.29, 1.82) is 0 Å². The van der Waals surface area contributed by atoms with E-state index in [2.05, 4.69) is 22.1 Å². The van der Waals surface area contributed by atoms with E-state index in [0.717, 1.165) is 48.9 Å². The fourth-order valence-electron chi connectivity index (χ4n) is 3.67. The van der Waals surface area contributed by atoms with Gasteiger partial charge in [-0.25, -0.2) is 4.68 Å². The number of benzene rings is 1. The van der Waals surface area contributed by atoms with Crippen LogP contribution in [0.3, 0.4) is 0 Å². The summed E-state index contributed by atoms with van der Waals surface area (Å²) in [5, 5.41) is 8.42. The Morgan fingerprint density at radius 1 is 1.14 bits per heavy atom. The van der Waals surface area contributed by atoms with E-state index in [1.54, 1.807) is 6.20 Å². The second-order valence-corrected chi connectivity index (χ2v) is 7.11. The van der Waals surface area contributed by atoms with Crippen molar-refractivity contribution < 1.29 is 9.32 Å². The van der Waals surface area contributed by atoms with E-state index >= 15 is 0 Å². The number of hydrogen-bond donors (Lipinski definition) is 0. The summed E-state index contributed by atoms with van der Waals surface area (Å²) in [4.78, 5) is 17.3. The zero-order valence-electron chi connectivity index (χ0n) is 16.3. The summed E-state index contributed by atoms with van der Waals surface area (Å²) in [6, 6.07) is 11.9. The standard InChI is InChI=1S/C21H25N5O2/c1-3-20-19(14-22-26(20)17-7-5-4-6-8-17)21(27)25-11-9-24(10-12-25)15-18-13-16(2)23-28-18/h4-8,13-14H,3,9-12,15H2,1-2H3. The molecule has 7 nitrogen and oxygen atoms in total. The highest BCUT2D eigenvalue weighted by atomic mass is 16.5. The third kappa shape index (κ3) is 3.71. The average molecular weight is 379 g/mol. The molecule has 1 fully saturated rings. The first-order valence-electron chi connectivity index (χ1n) is 9.72. The van der Waals surface area contributed by atoms with E-state index < -0.39 is 0 Å². The predicted octanol–water partition coefficient (Wildman–Crippen LogP) is 2.69. The molecule has 0 unspecified atom stereocenters. The van der Waals surface area contributed by atoms with Crippen LogP contribution in [0, 0.1) is 6.92 Å². The number of amides is 1. The summed E-state index contributed by atoms with van der Waals surface area (Å²) >= 11 is 0. The minimum Gasteiger partial charge on any atom is -0.360 e. The number of carbonyl (C=O) groups is 1. The minimum absolute atomic E-state index is 0.0641. The number of hydrogen-bond acceptors (Lipinski definition) is 5. The predicted molar refractivity (Wildman–Crippen MR) is 105 cm³/mol. The highest BCUT2D eigenvalue weighted by molar-refractivity contribution is 5.95. The van der Waals surface area contributed by atoms with Crippen LogP contribution in [0.1, 0.15) is 34.4 Å². The molecule has 0 spiro atoms. The van der Waals surface area contributed by atoms with Gasteiger partial charge in [0.05, 0.1) is 35.4 Å². The molecule has 0 atom stereocenters. The van der Waals surface area contributed by atoms with Gasteiger partial charge in [0.1, 0.15) is 0 Å². The molecule has 1 saturated heterocycles. The lowest BCUT2D eigenvalue weighted by atomic mass is 10.1. The third-order valence-corrected chi connectivity index (χ3v) is 5.15. The molecule has 3 aromatic rings. The molecule has 1 aliphatic rings. The molecule has 0 saturated carbocycles. The van der Waals surface area contributed by atoms with Crippen LogP contribution in [0.2, 0.25) is 0 Å². The van der Waals surface area contributed by atoms with Crippen LogP contribution in [0.15, 0.2) is 47.1 Å². The van der Waals surface area contributed by atoms with Crippen molar-refractivity contribution in [3.8, 4) is 5.69 Å². The maximum absolute atomic E-state index is 13.1. The molecule has 0 aliphatic carbocycles. The van der Waals surface area contributed by atoms with Crippen molar-refractivity contribution >= 4 is 5.91 Å². The number of carbonyl (C=O) groups excluding carboxylic acids is 1. The summed E-state index contributed by atoms with van der Waals surface area (Å²) in [6.07, 6.45) is 2.46. The zero-order valence-corrected chi connectivity index (χ0v) is 16.3. The molecular formula is C21H25N5O2. The Bertz CT molecular complexity index is 939. The number of aryl methyl sites for hydroxylation is 1. The van der Waals surface area contributed by atoms with E-state index in [0.29, 0.717) is 18.7 Å². The third-order valence-electron chi connectivity index (χ3n) is 5.15. The quantitative estimate of drug-likeness (QED) is 0.682. The first-order chi connectivity index (χ1) is 13.7. The van der Waals surface area contributed by atoms with Gasteiger partial charge >= 0.3 is 0 Å². The number of nitrogens with zero attached hydrogens (tertiary/aromatic N) is 5. The van der Waals surface area contributed by atoms with Crippen molar-refractivity contribution in [2.24, 2.45) is 0 Å². The Balaban J connectivity index is 1.43. The van der Waals surface area contributed by atoms with Crippen LogP contribution >= 0.6 is 0 Å². The Hall–Kier alpha value is -2.93. The second-order valence-electron chi connectivity index (χ2n) is 7.11. The van der Waals surface area contributed by atoms with Crippen LogP contribution in [-0.2, 0) is 13.0 Å². The van der Waals surface area contributed by atoms with Gasteiger partial charge in [-0.3, -0.25) is 9.69 Å². The van der Waals surface area contributed by atoms with Gasteiger partial charge in [-0.15, -0.1) is 0 Å². The Morgan fingerprint density at radius 2 is 1.89 bits per heavy atom. The molecule has 146 valence electrons. The Labute approximate surface area is 164 Å². The van der Waals surface area contributed by atoms with Crippen LogP contribution in [0.5, 0.6) is 0 Å². The van der Waals surface area contributed by atoms with E-state index in [1.807, 2.05) is 52.9 Å². The van der Waals surface area contributed by atoms with E-state index in [1.165, 1.54) is 0 Å². The van der Waals surface area contributed by atoms with Crippen molar-refractivity contribution in [3.63, 3.8) is 0 Å². The normalized spacial score (nSPS) is 15.1. The number of para-hydroxylation sites is 1. The maximum atomic E-state index is 13.1. The average Bonchev–Trinajstić information content (AvgIpc) is 3.34. The molecule has 4 rings (SSSR count). The highest BCUT2D eigenvalue weighted by Gasteiger charge is 2.26. The van der Waals surface area contributed by atoms with Gasteiger partial charge < -0.3 is 9.42 Å². The molecule has 1 aliphatic heterocycles. The molecule has 28 heavy (non-hydrogen) atoms. The fraction of sp³-hybridized carbons (Fsp3) is 0.381. The topological polar surface area (TPSA) is 67.4 Å². The molecule has 7 heteroatoms. The molecule has 3 heterocycles. The number of rotatable bonds is 5. The molecule has 0 N–H and O–H groups in total. The lowest BCUT2D eigenvalue weighted by molar-refractivity contribution is 0.0616. The summed E-state index contributed by atoms with van der Waals surface area (Å²) in [5.74, 6) is 0.934. The van der Waals surface area contributed by atoms with Gasteiger partial charge in [-0.2, -0.15) is 5.10 Å². The van der Waals surface area contributed by atoms with Crippen LogP contribution in [0.4, 0.5) is 0 Å². The Kier molecular flexibility index (Phi) is 5.25. The van der Waals surface area contributed by atoms with Crippen molar-refractivity contribution in [2.75, 3.05) is 26.2 Å². The smallest absolute Gasteiger partial charge is 0.257 e. The minimum atomic E-state index is 0.0641. The summed E-state index contributed by atoms with van der Waals surface area (Å²) in [6.45, 7) is 7.75. The van der Waals surface area contributed by atoms with Crippen molar-refractivity contribution in [3.05, 3.63) is 65.3 Å². The van der Waals surface area contributed by atoms with Crippen LogP contribution < -0.4 is 0 Å². The first kappa shape index (κ1) is 18.4. The summed E-state index contributed by atoms with van der Waals surface area (Å²) in [7, 11) is 0. The summed E-state index contributed by atoms with van der Waals surface area (Å²) < 4.78 is 7.17. The molecule has 0 bridgehead atoms. The lowest BCUT2D eigenvalue weighted by Gasteiger charge is -2.34. The Morgan fingerprint density at radius 3 is 2.54 bits per heavy atom. The second kappa shape index (κ2) is 7.98. The monoisotopic (exact) mass is 379 g/mol. The van der Waals surface area contributed by atoms with Gasteiger partial charge in [-0.05, 0) is 25.5 Å². The fourth-order valence-corrected chi connectivity index (χ4v) is 3.67. The van der Waals surface area contributed by atoms with E-state index in [-0.39, 0.29) is 5.91 Å². The largest absolute Gasteiger partial charge is 0.360 e.